The topological polar surface area (TPSA) is 78.5 Å². The number of amides is 2. The number of hydrogen-bond donors (Lipinski definition) is 2. The van der Waals surface area contributed by atoms with E-state index in [9.17, 15) is 17.6 Å². The van der Waals surface area contributed by atoms with Gasteiger partial charge in [0, 0.05) is 18.8 Å². The lowest BCUT2D eigenvalue weighted by Crippen LogP contribution is -2.38. The third kappa shape index (κ3) is 4.51. The summed E-state index contributed by atoms with van der Waals surface area (Å²) in [5.41, 5.74) is 0.665. The Labute approximate surface area is 152 Å². The van der Waals surface area contributed by atoms with Crippen LogP contribution in [-0.4, -0.2) is 32.4 Å². The first-order chi connectivity index (χ1) is 12.4. The van der Waals surface area contributed by atoms with Gasteiger partial charge in [0.05, 0.1) is 10.6 Å². The minimum absolute atomic E-state index is 0.0257. The molecule has 0 aliphatic carbocycles. The highest BCUT2D eigenvalue weighted by Gasteiger charge is 2.17. The number of urea groups is 1. The molecule has 8 heteroatoms. The largest absolute Gasteiger partial charge is 0.325 e. The maximum Gasteiger partial charge on any atom is 0.321 e. The van der Waals surface area contributed by atoms with Crippen LogP contribution in [0.15, 0.2) is 53.4 Å². The van der Waals surface area contributed by atoms with Gasteiger partial charge in [-0.05, 0) is 61.7 Å². The van der Waals surface area contributed by atoms with Gasteiger partial charge in [0.15, 0.2) is 0 Å². The van der Waals surface area contributed by atoms with Gasteiger partial charge in [0.25, 0.3) is 10.0 Å². The summed E-state index contributed by atoms with van der Waals surface area (Å²) in [6, 6.07) is 10.9. The molecule has 1 heterocycles. The molecule has 2 amide bonds. The molecule has 0 saturated carbocycles. The summed E-state index contributed by atoms with van der Waals surface area (Å²) in [5.74, 6) is -0.527. The van der Waals surface area contributed by atoms with Crippen molar-refractivity contribution in [1.29, 1.82) is 0 Å². The molecule has 0 radical (unpaired) electrons. The highest BCUT2D eigenvalue weighted by Crippen LogP contribution is 2.19. The molecule has 138 valence electrons. The Morgan fingerprint density at radius 3 is 2.31 bits per heavy atom. The number of carbonyl (C=O) groups excluding carboxylic acids is 1. The van der Waals surface area contributed by atoms with Crippen LogP contribution < -0.4 is 10.0 Å². The number of hydrogen-bond acceptors (Lipinski definition) is 3. The molecule has 6 nitrogen and oxygen atoms in total. The van der Waals surface area contributed by atoms with Crippen molar-refractivity contribution in [1.82, 2.24) is 4.90 Å². The van der Waals surface area contributed by atoms with Crippen LogP contribution >= 0.6 is 0 Å². The van der Waals surface area contributed by atoms with E-state index in [2.05, 4.69) is 10.0 Å². The SMILES string of the molecule is O=C(Nc1ccc(S(=O)(=O)Nc2cccc(F)c2)cc1)N1CCCCC1. The summed E-state index contributed by atoms with van der Waals surface area (Å²) in [6.07, 6.45) is 3.13. The molecule has 0 aromatic heterocycles. The number of nitrogens with one attached hydrogen (secondary N) is 2. The number of carbonyl (C=O) groups is 1. The van der Waals surface area contributed by atoms with Crippen LogP contribution in [0.2, 0.25) is 0 Å². The van der Waals surface area contributed by atoms with Gasteiger partial charge in [-0.1, -0.05) is 6.07 Å². The molecule has 0 atom stereocenters. The summed E-state index contributed by atoms with van der Waals surface area (Å²) in [7, 11) is -3.84. The fourth-order valence-corrected chi connectivity index (χ4v) is 3.83. The number of benzene rings is 2. The van der Waals surface area contributed by atoms with Crippen LogP contribution in [0.5, 0.6) is 0 Å². The molecule has 26 heavy (non-hydrogen) atoms. The average Bonchev–Trinajstić information content (AvgIpc) is 2.62. The van der Waals surface area contributed by atoms with E-state index in [0.29, 0.717) is 5.69 Å². The highest BCUT2D eigenvalue weighted by molar-refractivity contribution is 7.92. The van der Waals surface area contributed by atoms with Crippen LogP contribution in [0.3, 0.4) is 0 Å². The Balaban J connectivity index is 1.67. The lowest BCUT2D eigenvalue weighted by Gasteiger charge is -2.26. The first kappa shape index (κ1) is 18.2. The van der Waals surface area contributed by atoms with E-state index in [1.807, 2.05) is 0 Å². The lowest BCUT2D eigenvalue weighted by molar-refractivity contribution is 0.200. The normalized spacial score (nSPS) is 14.7. The van der Waals surface area contributed by atoms with Crippen LogP contribution in [-0.2, 0) is 10.0 Å². The van der Waals surface area contributed by atoms with Crippen molar-refractivity contribution in [3.63, 3.8) is 0 Å². The smallest absolute Gasteiger partial charge is 0.321 e. The van der Waals surface area contributed by atoms with E-state index in [1.54, 1.807) is 4.90 Å². The molecule has 2 aromatic rings. The molecule has 2 N–H and O–H groups in total. The molecule has 1 aliphatic heterocycles. The zero-order valence-corrected chi connectivity index (χ0v) is 14.9. The molecule has 1 aliphatic rings. The lowest BCUT2D eigenvalue weighted by atomic mass is 10.1. The molecular weight excluding hydrogens is 357 g/mol. The molecule has 0 unspecified atom stereocenters. The van der Waals surface area contributed by atoms with Crippen LogP contribution in [0, 0.1) is 5.82 Å². The first-order valence-corrected chi connectivity index (χ1v) is 9.87. The van der Waals surface area contributed by atoms with Gasteiger partial charge in [-0.25, -0.2) is 17.6 Å². The quantitative estimate of drug-likeness (QED) is 0.854. The molecule has 0 spiro atoms. The third-order valence-corrected chi connectivity index (χ3v) is 5.53. The molecule has 0 bridgehead atoms. The fourth-order valence-electron chi connectivity index (χ4n) is 2.78. The minimum atomic E-state index is -3.84. The number of rotatable bonds is 4. The van der Waals surface area contributed by atoms with E-state index in [0.717, 1.165) is 38.4 Å². The number of likely N-dealkylation sites (tertiary alicyclic amines) is 1. The number of anilines is 2. The third-order valence-electron chi connectivity index (χ3n) is 4.14. The van der Waals surface area contributed by atoms with Gasteiger partial charge >= 0.3 is 6.03 Å². The van der Waals surface area contributed by atoms with Gasteiger partial charge in [0.2, 0.25) is 0 Å². The summed E-state index contributed by atoms with van der Waals surface area (Å²) in [5, 5.41) is 2.77. The van der Waals surface area contributed by atoms with E-state index < -0.39 is 15.8 Å². The maximum atomic E-state index is 13.2. The Hall–Kier alpha value is -2.61. The summed E-state index contributed by atoms with van der Waals surface area (Å²) >= 11 is 0. The molecule has 2 aromatic carbocycles. The monoisotopic (exact) mass is 377 g/mol. The second-order valence-electron chi connectivity index (χ2n) is 6.12. The predicted octanol–water partition coefficient (Wildman–Crippen LogP) is 3.64. The molecule has 1 fully saturated rings. The van der Waals surface area contributed by atoms with Crippen molar-refractivity contribution in [2.24, 2.45) is 0 Å². The number of sulfonamides is 1. The van der Waals surface area contributed by atoms with Crippen molar-refractivity contribution in [2.75, 3.05) is 23.1 Å². The standard InChI is InChI=1S/C18H20FN3O3S/c19-14-5-4-6-16(13-14)21-26(24,25)17-9-7-15(8-10-17)20-18(23)22-11-2-1-3-12-22/h4-10,13,21H,1-3,11-12H2,(H,20,23). The Morgan fingerprint density at radius 1 is 0.962 bits per heavy atom. The second-order valence-corrected chi connectivity index (χ2v) is 7.80. The Bertz CT molecular complexity index is 879. The van der Waals surface area contributed by atoms with Crippen LogP contribution in [0.25, 0.3) is 0 Å². The molecule has 3 rings (SSSR count). The van der Waals surface area contributed by atoms with E-state index in [4.69, 9.17) is 0 Å². The number of nitrogens with zero attached hydrogens (tertiary/aromatic N) is 1. The van der Waals surface area contributed by atoms with Crippen molar-refractivity contribution in [3.05, 3.63) is 54.3 Å². The maximum absolute atomic E-state index is 13.2. The number of halogens is 1. The average molecular weight is 377 g/mol. The Kier molecular flexibility index (Phi) is 5.41. The van der Waals surface area contributed by atoms with Gasteiger partial charge < -0.3 is 10.2 Å². The summed E-state index contributed by atoms with van der Waals surface area (Å²) in [4.78, 5) is 13.9. The highest BCUT2D eigenvalue weighted by atomic mass is 32.2. The van der Waals surface area contributed by atoms with E-state index >= 15 is 0 Å². The van der Waals surface area contributed by atoms with Crippen molar-refractivity contribution in [3.8, 4) is 0 Å². The number of piperidine rings is 1. The molecule has 1 saturated heterocycles. The fraction of sp³-hybridized carbons (Fsp3) is 0.278. The van der Waals surface area contributed by atoms with Crippen molar-refractivity contribution < 1.29 is 17.6 Å². The first-order valence-electron chi connectivity index (χ1n) is 8.38. The van der Waals surface area contributed by atoms with Crippen LogP contribution in [0.1, 0.15) is 19.3 Å². The van der Waals surface area contributed by atoms with Crippen molar-refractivity contribution >= 4 is 27.4 Å². The Morgan fingerprint density at radius 2 is 1.65 bits per heavy atom. The summed E-state index contributed by atoms with van der Waals surface area (Å²) < 4.78 is 40.2. The zero-order chi connectivity index (χ0) is 18.6. The summed E-state index contributed by atoms with van der Waals surface area (Å²) in [6.45, 7) is 1.46. The second kappa shape index (κ2) is 7.74. The van der Waals surface area contributed by atoms with E-state index in [1.165, 1.54) is 42.5 Å². The van der Waals surface area contributed by atoms with Gasteiger partial charge in [-0.15, -0.1) is 0 Å². The van der Waals surface area contributed by atoms with E-state index in [-0.39, 0.29) is 16.6 Å². The minimum Gasteiger partial charge on any atom is -0.325 e. The molecular formula is C18H20FN3O3S. The van der Waals surface area contributed by atoms with Gasteiger partial charge in [0.1, 0.15) is 5.82 Å². The van der Waals surface area contributed by atoms with Crippen LogP contribution in [0.4, 0.5) is 20.6 Å². The van der Waals surface area contributed by atoms with Gasteiger partial charge in [-0.2, -0.15) is 0 Å². The zero-order valence-electron chi connectivity index (χ0n) is 14.1. The van der Waals surface area contributed by atoms with Crippen molar-refractivity contribution in [2.45, 2.75) is 24.2 Å². The van der Waals surface area contributed by atoms with Gasteiger partial charge in [-0.3, -0.25) is 4.72 Å². The predicted molar refractivity (Wildman–Crippen MR) is 98.1 cm³/mol.